The number of oxime groups is 1. The van der Waals surface area contributed by atoms with Crippen LogP contribution in [0, 0.1) is 0 Å². The highest BCUT2D eigenvalue weighted by molar-refractivity contribution is 7.82. The fourth-order valence-corrected chi connectivity index (χ4v) is 5.66. The molecule has 1 aliphatic rings. The van der Waals surface area contributed by atoms with E-state index in [1.807, 2.05) is 6.07 Å². The summed E-state index contributed by atoms with van der Waals surface area (Å²) < 4.78 is 57.9. The molecule has 0 aliphatic heterocycles. The summed E-state index contributed by atoms with van der Waals surface area (Å²) in [6.45, 7) is 0. The minimum Gasteiger partial charge on any atom is -0.370 e. The largest absolute Gasteiger partial charge is 0.416 e. The van der Waals surface area contributed by atoms with Crippen LogP contribution in [0.5, 0.6) is 0 Å². The fourth-order valence-electron chi connectivity index (χ4n) is 4.23. The van der Waals surface area contributed by atoms with Crippen molar-refractivity contribution < 1.29 is 31.3 Å². The molecule has 0 fully saturated rings. The molecule has 12 heteroatoms. The number of thiophene rings is 1. The summed E-state index contributed by atoms with van der Waals surface area (Å²) in [4.78, 5) is 26.9. The van der Waals surface area contributed by atoms with Crippen LogP contribution in [0.15, 0.2) is 118 Å². The Morgan fingerprint density at radius 2 is 1.69 bits per heavy atom. The zero-order chi connectivity index (χ0) is 29.7. The Kier molecular flexibility index (Phi) is 8.64. The number of allylic oxidation sites excluding steroid dienone is 2. The summed E-state index contributed by atoms with van der Waals surface area (Å²) in [5.41, 5.74) is 0.744. The van der Waals surface area contributed by atoms with Crippen molar-refractivity contribution in [3.05, 3.63) is 130 Å². The van der Waals surface area contributed by atoms with Gasteiger partial charge >= 0.3 is 6.18 Å². The summed E-state index contributed by atoms with van der Waals surface area (Å²) in [7, 11) is 0. The molecule has 5 rings (SSSR count). The fraction of sp³-hybridized carbons (Fsp3) is 0.100. The van der Waals surface area contributed by atoms with E-state index in [0.29, 0.717) is 9.77 Å². The lowest BCUT2D eigenvalue weighted by molar-refractivity contribution is -0.137. The molecule has 0 saturated heterocycles. The molecule has 0 radical (unpaired) electrons. The first-order chi connectivity index (χ1) is 20.2. The molecule has 2 N–H and O–H groups in total. The Hall–Kier alpha value is -4.55. The number of rotatable bonds is 9. The normalized spacial score (nSPS) is 15.4. The second-order valence-electron chi connectivity index (χ2n) is 9.11. The second-order valence-corrected chi connectivity index (χ2v) is 11.4. The van der Waals surface area contributed by atoms with Crippen LogP contribution in [0.2, 0.25) is 0 Å². The summed E-state index contributed by atoms with van der Waals surface area (Å²) in [6.07, 6.45) is -3.07. The van der Waals surface area contributed by atoms with Crippen molar-refractivity contribution in [1.29, 1.82) is 0 Å². The zero-order valence-corrected chi connectivity index (χ0v) is 23.3. The number of carbonyl (C=O) groups is 2. The highest BCUT2D eigenvalue weighted by Gasteiger charge is 2.32. The lowest BCUT2D eigenvalue weighted by Gasteiger charge is -2.24. The molecule has 0 bridgehead atoms. The van der Waals surface area contributed by atoms with Crippen LogP contribution in [-0.2, 0) is 32.8 Å². The first kappa shape index (κ1) is 29.0. The molecular formula is C30H22F3N3O4S2. The topological polar surface area (TPSA) is 96.9 Å². The third-order valence-electron chi connectivity index (χ3n) is 6.22. The molecule has 214 valence electrons. The van der Waals surface area contributed by atoms with Crippen LogP contribution in [0.3, 0.4) is 0 Å². The molecule has 2 atom stereocenters. The number of carbonyl (C=O) groups excluding carboxylic acids is 2. The van der Waals surface area contributed by atoms with Gasteiger partial charge in [-0.2, -0.15) is 13.2 Å². The number of Topliss-reactive ketones (excluding diaryl/α,β-unsaturated/α-hetero) is 1. The van der Waals surface area contributed by atoms with Gasteiger partial charge in [-0.15, -0.1) is 11.3 Å². The number of nitrogens with one attached hydrogen (secondary N) is 2. The van der Waals surface area contributed by atoms with Gasteiger partial charge in [-0.25, -0.2) is 4.21 Å². The molecule has 7 nitrogen and oxygen atoms in total. The Bertz CT molecular complexity index is 1690. The van der Waals surface area contributed by atoms with E-state index in [1.54, 1.807) is 66.0 Å². The van der Waals surface area contributed by atoms with E-state index in [0.717, 1.165) is 17.7 Å². The average Bonchev–Trinajstić information content (AvgIpc) is 3.53. The van der Waals surface area contributed by atoms with E-state index in [2.05, 4.69) is 15.8 Å². The van der Waals surface area contributed by atoms with E-state index in [1.165, 1.54) is 29.5 Å². The first-order valence-corrected chi connectivity index (χ1v) is 14.5. The number of alkyl halides is 3. The summed E-state index contributed by atoms with van der Waals surface area (Å²) >= 11 is -0.638. The third-order valence-corrected chi connectivity index (χ3v) is 8.26. The predicted octanol–water partition coefficient (Wildman–Crippen LogP) is 6.13. The van der Waals surface area contributed by atoms with Crippen molar-refractivity contribution >= 4 is 45.5 Å². The number of anilines is 1. The number of fused-ring (bicyclic) bond motifs is 1. The van der Waals surface area contributed by atoms with Crippen molar-refractivity contribution in [2.75, 3.05) is 5.32 Å². The number of benzene rings is 3. The van der Waals surface area contributed by atoms with Crippen LogP contribution < -0.4 is 10.6 Å². The Morgan fingerprint density at radius 3 is 2.40 bits per heavy atom. The van der Waals surface area contributed by atoms with E-state index < -0.39 is 40.6 Å². The van der Waals surface area contributed by atoms with Crippen LogP contribution in [0.4, 0.5) is 18.9 Å². The summed E-state index contributed by atoms with van der Waals surface area (Å²) in [6, 6.07) is 22.2. The number of hydrogen-bond donors (Lipinski definition) is 2. The maximum atomic E-state index is 13.5. The highest BCUT2D eigenvalue weighted by atomic mass is 32.2. The quantitative estimate of drug-likeness (QED) is 0.223. The van der Waals surface area contributed by atoms with Crippen LogP contribution in [0.25, 0.3) is 0 Å². The van der Waals surface area contributed by atoms with E-state index in [4.69, 9.17) is 4.28 Å². The molecule has 4 aromatic rings. The number of amides is 1. The molecule has 3 aromatic carbocycles. The maximum Gasteiger partial charge on any atom is 0.416 e. The van der Waals surface area contributed by atoms with Gasteiger partial charge in [0.05, 0.1) is 11.3 Å². The van der Waals surface area contributed by atoms with Crippen LogP contribution in [-0.4, -0.2) is 27.7 Å². The Morgan fingerprint density at radius 1 is 0.952 bits per heavy atom. The molecular weight excluding hydrogens is 587 g/mol. The minimum atomic E-state index is -4.58. The monoisotopic (exact) mass is 609 g/mol. The molecule has 1 heterocycles. The highest BCUT2D eigenvalue weighted by Crippen LogP contribution is 2.31. The van der Waals surface area contributed by atoms with E-state index in [-0.39, 0.29) is 29.1 Å². The van der Waals surface area contributed by atoms with E-state index in [9.17, 15) is 27.0 Å². The van der Waals surface area contributed by atoms with Gasteiger partial charge in [0.25, 0.3) is 11.1 Å². The number of halogens is 3. The lowest BCUT2D eigenvalue weighted by atomic mass is 9.91. The molecule has 1 unspecified atom stereocenters. The van der Waals surface area contributed by atoms with Gasteiger partial charge < -0.3 is 10.6 Å². The Labute approximate surface area is 245 Å². The molecule has 1 aromatic heterocycles. The number of nitrogens with zero attached hydrogens (tertiary/aromatic N) is 1. The summed E-state index contributed by atoms with van der Waals surface area (Å²) in [5, 5.41) is 11.3. The van der Waals surface area contributed by atoms with Crippen molar-refractivity contribution in [2.24, 2.45) is 5.16 Å². The minimum absolute atomic E-state index is 0.0121. The van der Waals surface area contributed by atoms with Crippen molar-refractivity contribution in [2.45, 2.75) is 22.8 Å². The maximum absolute atomic E-state index is 13.5. The van der Waals surface area contributed by atoms with Crippen LogP contribution in [0.1, 0.15) is 27.0 Å². The number of hydrogen-bond acceptors (Lipinski definition) is 7. The van der Waals surface area contributed by atoms with Gasteiger partial charge in [-0.1, -0.05) is 71.9 Å². The van der Waals surface area contributed by atoms with Gasteiger partial charge in [0.15, 0.2) is 0 Å². The number of ketones is 1. The standard InChI is InChI=1S/C30H22F3N3O4S2/c31-30(32,33)20-10-6-11-21(17-20)34-29(38)26(16-19-8-2-1-3-9-19)35-25-18-24(22-12-4-5-13-23(22)28(25)37)36-40-42(39)27-14-7-15-41-27/h1-15,17-18,26,35H,16H2,(H,34,38)/b36-24-/t26-,42?/m1/s1. The van der Waals surface area contributed by atoms with Crippen molar-refractivity contribution in [3.8, 4) is 0 Å². The molecule has 0 spiro atoms. The molecule has 1 aliphatic carbocycles. The zero-order valence-electron chi connectivity index (χ0n) is 21.6. The Balaban J connectivity index is 1.45. The third kappa shape index (κ3) is 6.84. The van der Waals surface area contributed by atoms with Gasteiger partial charge in [-0.3, -0.25) is 13.9 Å². The lowest BCUT2D eigenvalue weighted by Crippen LogP contribution is -2.44. The van der Waals surface area contributed by atoms with Gasteiger partial charge in [0.2, 0.25) is 11.7 Å². The molecule has 0 saturated carbocycles. The van der Waals surface area contributed by atoms with Gasteiger partial charge in [0, 0.05) is 23.2 Å². The average molecular weight is 610 g/mol. The predicted molar refractivity (Wildman–Crippen MR) is 154 cm³/mol. The molecule has 1 amide bonds. The van der Waals surface area contributed by atoms with Crippen molar-refractivity contribution in [1.82, 2.24) is 5.32 Å². The first-order valence-electron chi connectivity index (χ1n) is 12.5. The van der Waals surface area contributed by atoms with E-state index >= 15 is 0 Å². The summed E-state index contributed by atoms with van der Waals surface area (Å²) in [5.74, 6) is -1.08. The second kappa shape index (κ2) is 12.5. The van der Waals surface area contributed by atoms with Gasteiger partial charge in [0.1, 0.15) is 16.0 Å². The molecule has 42 heavy (non-hydrogen) atoms. The SMILES string of the molecule is O=C1C(N[C@H](Cc2ccccc2)C(=O)Nc2cccc(C(F)(F)F)c2)=C/C(=N/OS(=O)c2cccs2)c2ccccc21. The van der Waals surface area contributed by atoms with Crippen LogP contribution >= 0.6 is 11.3 Å². The van der Waals surface area contributed by atoms with Gasteiger partial charge in [-0.05, 0) is 41.3 Å². The smallest absolute Gasteiger partial charge is 0.370 e. The van der Waals surface area contributed by atoms with Crippen molar-refractivity contribution in [3.63, 3.8) is 0 Å².